The second kappa shape index (κ2) is 6.64. The second-order valence-electron chi connectivity index (χ2n) is 5.03. The third-order valence-electron chi connectivity index (χ3n) is 3.47. The molecule has 1 unspecified atom stereocenters. The van der Waals surface area contributed by atoms with Crippen LogP contribution in [0, 0.1) is 0 Å². The Morgan fingerprint density at radius 2 is 1.90 bits per heavy atom. The van der Waals surface area contributed by atoms with Crippen molar-refractivity contribution in [2.24, 2.45) is 0 Å². The number of carbonyl (C=O) groups is 1. The summed E-state index contributed by atoms with van der Waals surface area (Å²) in [7, 11) is 0. The van der Waals surface area contributed by atoms with Crippen molar-refractivity contribution in [2.75, 3.05) is 5.73 Å². The van der Waals surface area contributed by atoms with Crippen molar-refractivity contribution in [1.82, 2.24) is 5.32 Å². The van der Waals surface area contributed by atoms with Gasteiger partial charge in [-0.15, -0.1) is 0 Å². The van der Waals surface area contributed by atoms with E-state index in [1.807, 2.05) is 19.1 Å². The van der Waals surface area contributed by atoms with Gasteiger partial charge < -0.3 is 11.1 Å². The van der Waals surface area contributed by atoms with E-state index in [9.17, 15) is 4.79 Å². The fourth-order valence-corrected chi connectivity index (χ4v) is 2.32. The highest BCUT2D eigenvalue weighted by molar-refractivity contribution is 6.34. The summed E-state index contributed by atoms with van der Waals surface area (Å²) in [5.74, 6) is -0.223. The molecule has 0 spiro atoms. The van der Waals surface area contributed by atoms with Crippen molar-refractivity contribution >= 4 is 23.2 Å². The van der Waals surface area contributed by atoms with Crippen LogP contribution in [0.4, 0.5) is 5.69 Å². The molecule has 0 heterocycles. The van der Waals surface area contributed by atoms with Crippen molar-refractivity contribution in [1.29, 1.82) is 0 Å². The molecule has 2 aromatic carbocycles. The number of halogens is 1. The van der Waals surface area contributed by atoms with Crippen LogP contribution >= 0.6 is 11.6 Å². The van der Waals surface area contributed by atoms with E-state index in [1.54, 1.807) is 18.2 Å². The molecule has 0 radical (unpaired) electrons. The van der Waals surface area contributed by atoms with E-state index in [4.69, 9.17) is 17.3 Å². The van der Waals surface area contributed by atoms with Gasteiger partial charge in [0.15, 0.2) is 0 Å². The minimum Gasteiger partial charge on any atom is -0.399 e. The SMILES string of the molecule is CCc1ccc(C(C)NC(=O)c2cc(N)ccc2Cl)cc1. The monoisotopic (exact) mass is 302 g/mol. The number of nitrogens with one attached hydrogen (secondary N) is 1. The number of hydrogen-bond acceptors (Lipinski definition) is 2. The minimum atomic E-state index is -0.223. The van der Waals surface area contributed by atoms with Crippen LogP contribution in [-0.2, 0) is 6.42 Å². The Hall–Kier alpha value is -2.00. The molecule has 21 heavy (non-hydrogen) atoms. The number of benzene rings is 2. The Labute approximate surface area is 130 Å². The lowest BCUT2D eigenvalue weighted by Crippen LogP contribution is -2.27. The maximum atomic E-state index is 12.3. The molecule has 0 aliphatic rings. The minimum absolute atomic E-state index is 0.0964. The predicted molar refractivity (Wildman–Crippen MR) is 87.6 cm³/mol. The van der Waals surface area contributed by atoms with Gasteiger partial charge >= 0.3 is 0 Å². The Morgan fingerprint density at radius 1 is 1.24 bits per heavy atom. The van der Waals surface area contributed by atoms with Crippen LogP contribution in [-0.4, -0.2) is 5.91 Å². The molecule has 3 N–H and O–H groups in total. The first-order valence-electron chi connectivity index (χ1n) is 6.96. The first kappa shape index (κ1) is 15.4. The van der Waals surface area contributed by atoms with Crippen molar-refractivity contribution in [3.63, 3.8) is 0 Å². The molecular weight excluding hydrogens is 284 g/mol. The summed E-state index contributed by atoms with van der Waals surface area (Å²) in [5.41, 5.74) is 8.95. The van der Waals surface area contributed by atoms with E-state index in [1.165, 1.54) is 5.56 Å². The molecule has 1 amide bonds. The van der Waals surface area contributed by atoms with Gasteiger partial charge in [-0.1, -0.05) is 42.8 Å². The zero-order valence-corrected chi connectivity index (χ0v) is 12.9. The van der Waals surface area contributed by atoms with Gasteiger partial charge in [0.05, 0.1) is 16.6 Å². The number of nitrogen functional groups attached to an aromatic ring is 1. The Kier molecular flexibility index (Phi) is 4.86. The van der Waals surface area contributed by atoms with Gasteiger partial charge in [0.2, 0.25) is 0 Å². The van der Waals surface area contributed by atoms with Gasteiger partial charge in [-0.25, -0.2) is 0 Å². The number of rotatable bonds is 4. The first-order chi connectivity index (χ1) is 10.0. The zero-order chi connectivity index (χ0) is 15.4. The van der Waals surface area contributed by atoms with E-state index < -0.39 is 0 Å². The molecule has 0 saturated heterocycles. The van der Waals surface area contributed by atoms with Crippen LogP contribution in [0.15, 0.2) is 42.5 Å². The normalized spacial score (nSPS) is 12.0. The number of hydrogen-bond donors (Lipinski definition) is 2. The Morgan fingerprint density at radius 3 is 2.52 bits per heavy atom. The van der Waals surface area contributed by atoms with Gasteiger partial charge in [-0.2, -0.15) is 0 Å². The lowest BCUT2D eigenvalue weighted by atomic mass is 10.0. The van der Waals surface area contributed by atoms with E-state index in [0.717, 1.165) is 12.0 Å². The van der Waals surface area contributed by atoms with E-state index in [-0.39, 0.29) is 11.9 Å². The van der Waals surface area contributed by atoms with Gasteiger partial charge in [-0.05, 0) is 42.7 Å². The maximum Gasteiger partial charge on any atom is 0.253 e. The fraction of sp³-hybridized carbons (Fsp3) is 0.235. The van der Waals surface area contributed by atoms with Crippen LogP contribution < -0.4 is 11.1 Å². The topological polar surface area (TPSA) is 55.1 Å². The Balaban J connectivity index is 2.12. The standard InChI is InChI=1S/C17H19ClN2O/c1-3-12-4-6-13(7-5-12)11(2)20-17(21)15-10-14(19)8-9-16(15)18/h4-11H,3,19H2,1-2H3,(H,20,21). The zero-order valence-electron chi connectivity index (χ0n) is 12.2. The summed E-state index contributed by atoms with van der Waals surface area (Å²) in [5, 5.41) is 3.34. The third kappa shape index (κ3) is 3.76. The number of amides is 1. The highest BCUT2D eigenvalue weighted by Crippen LogP contribution is 2.20. The number of anilines is 1. The first-order valence-corrected chi connectivity index (χ1v) is 7.33. The molecule has 110 valence electrons. The molecule has 0 aliphatic heterocycles. The molecule has 0 saturated carbocycles. The molecule has 3 nitrogen and oxygen atoms in total. The molecule has 1 atom stereocenters. The van der Waals surface area contributed by atoms with Crippen molar-refractivity contribution in [3.8, 4) is 0 Å². The van der Waals surface area contributed by atoms with Crippen molar-refractivity contribution in [2.45, 2.75) is 26.3 Å². The lowest BCUT2D eigenvalue weighted by molar-refractivity contribution is 0.0940. The molecule has 0 aromatic heterocycles. The third-order valence-corrected chi connectivity index (χ3v) is 3.80. The average Bonchev–Trinajstić information content (AvgIpc) is 2.49. The second-order valence-corrected chi connectivity index (χ2v) is 5.44. The predicted octanol–water partition coefficient (Wildman–Crippen LogP) is 3.98. The lowest BCUT2D eigenvalue weighted by Gasteiger charge is -2.15. The van der Waals surface area contributed by atoms with Crippen molar-refractivity contribution < 1.29 is 4.79 Å². The molecule has 0 bridgehead atoms. The molecular formula is C17H19ClN2O. The van der Waals surface area contributed by atoms with Crippen LogP contribution in [0.2, 0.25) is 5.02 Å². The molecule has 0 aliphatic carbocycles. The summed E-state index contributed by atoms with van der Waals surface area (Å²) in [6.45, 7) is 4.06. The molecule has 0 fully saturated rings. The van der Waals surface area contributed by atoms with E-state index in [2.05, 4.69) is 24.4 Å². The largest absolute Gasteiger partial charge is 0.399 e. The highest BCUT2D eigenvalue weighted by atomic mass is 35.5. The summed E-state index contributed by atoms with van der Waals surface area (Å²) in [6.07, 6.45) is 1.000. The van der Waals surface area contributed by atoms with E-state index in [0.29, 0.717) is 16.3 Å². The summed E-state index contributed by atoms with van der Waals surface area (Å²) >= 11 is 6.04. The number of nitrogens with two attached hydrogens (primary N) is 1. The van der Waals surface area contributed by atoms with Gasteiger partial charge in [-0.3, -0.25) is 4.79 Å². The molecule has 2 aromatic rings. The van der Waals surface area contributed by atoms with Crippen LogP contribution in [0.25, 0.3) is 0 Å². The summed E-state index contributed by atoms with van der Waals surface area (Å²) < 4.78 is 0. The quantitative estimate of drug-likeness (QED) is 0.839. The summed E-state index contributed by atoms with van der Waals surface area (Å²) in [6, 6.07) is 13.0. The Bertz CT molecular complexity index is 638. The van der Waals surface area contributed by atoms with Gasteiger partial charge in [0.1, 0.15) is 0 Å². The van der Waals surface area contributed by atoms with Crippen molar-refractivity contribution in [3.05, 3.63) is 64.2 Å². The van der Waals surface area contributed by atoms with Crippen LogP contribution in [0.5, 0.6) is 0 Å². The maximum absolute atomic E-state index is 12.3. The fourth-order valence-electron chi connectivity index (χ4n) is 2.12. The number of aryl methyl sites for hydroxylation is 1. The van der Waals surface area contributed by atoms with Crippen LogP contribution in [0.1, 0.15) is 41.4 Å². The van der Waals surface area contributed by atoms with Gasteiger partial charge in [0.25, 0.3) is 5.91 Å². The summed E-state index contributed by atoms with van der Waals surface area (Å²) in [4.78, 5) is 12.3. The smallest absolute Gasteiger partial charge is 0.253 e. The average molecular weight is 303 g/mol. The number of carbonyl (C=O) groups excluding carboxylic acids is 1. The van der Waals surface area contributed by atoms with Crippen LogP contribution in [0.3, 0.4) is 0 Å². The van der Waals surface area contributed by atoms with Gasteiger partial charge in [0, 0.05) is 5.69 Å². The molecule has 4 heteroatoms. The van der Waals surface area contributed by atoms with E-state index >= 15 is 0 Å². The highest BCUT2D eigenvalue weighted by Gasteiger charge is 2.14. The molecule has 2 rings (SSSR count).